The highest BCUT2D eigenvalue weighted by Gasteiger charge is 2.31. The number of quaternary nitrogens is 1. The van der Waals surface area contributed by atoms with E-state index in [9.17, 15) is 19.5 Å². The van der Waals surface area contributed by atoms with Crippen molar-refractivity contribution in [1.82, 2.24) is 0 Å². The first-order valence-corrected chi connectivity index (χ1v) is 22.9. The molecule has 322 valence electrons. The van der Waals surface area contributed by atoms with E-state index in [1.165, 1.54) is 116 Å². The fourth-order valence-corrected chi connectivity index (χ4v) is 6.71. The highest BCUT2D eigenvalue weighted by Crippen LogP contribution is 2.15. The largest absolute Gasteiger partial charge is 0.477 e. The van der Waals surface area contributed by atoms with E-state index >= 15 is 0 Å². The van der Waals surface area contributed by atoms with Gasteiger partial charge in [-0.05, 0) is 57.8 Å². The predicted octanol–water partition coefficient (Wildman–Crippen LogP) is 12.5. The second kappa shape index (κ2) is 38.7. The van der Waals surface area contributed by atoms with Crippen LogP contribution in [0.15, 0.2) is 24.3 Å². The minimum atomic E-state index is -0.876. The maximum atomic E-state index is 12.7. The van der Waals surface area contributed by atoms with Gasteiger partial charge in [0.05, 0.1) is 34.4 Å². The number of carbonyl (C=O) groups excluding carboxylic acids is 2. The highest BCUT2D eigenvalue weighted by molar-refractivity contribution is 5.72. The lowest BCUT2D eigenvalue weighted by Crippen LogP contribution is -2.50. The van der Waals surface area contributed by atoms with Crippen molar-refractivity contribution < 1.29 is 38.2 Å². The molecule has 0 aromatic rings. The SMILES string of the molecule is CCCC/C=C/CCCCCCC(=O)OCC(COCCC(C(=O)O)[N+](C)(C)C)OC(=O)CCCCCCCCC/C=C/CCCCCCCCCCCC. The van der Waals surface area contributed by atoms with Crippen LogP contribution in [0.3, 0.4) is 0 Å². The molecule has 0 saturated heterocycles. The summed E-state index contributed by atoms with van der Waals surface area (Å²) in [4.78, 5) is 36.9. The average Bonchev–Trinajstić information content (AvgIpc) is 3.14. The van der Waals surface area contributed by atoms with Gasteiger partial charge in [0.2, 0.25) is 0 Å². The third-order valence-corrected chi connectivity index (χ3v) is 10.3. The molecule has 0 saturated carbocycles. The molecule has 0 radical (unpaired) electrons. The van der Waals surface area contributed by atoms with Gasteiger partial charge in [-0.25, -0.2) is 4.79 Å². The molecule has 0 spiro atoms. The second-order valence-corrected chi connectivity index (χ2v) is 16.7. The third-order valence-electron chi connectivity index (χ3n) is 10.3. The summed E-state index contributed by atoms with van der Waals surface area (Å²) in [6, 6.07) is -0.614. The number of likely N-dealkylation sites (N-methyl/N-ethyl adjacent to an activating group) is 1. The van der Waals surface area contributed by atoms with Crippen LogP contribution in [-0.4, -0.2) is 80.6 Å². The number of aliphatic carboxylic acids is 1. The van der Waals surface area contributed by atoms with E-state index in [1.807, 2.05) is 21.1 Å². The van der Waals surface area contributed by atoms with Crippen molar-refractivity contribution in [1.29, 1.82) is 0 Å². The van der Waals surface area contributed by atoms with Crippen molar-refractivity contribution in [2.24, 2.45) is 0 Å². The van der Waals surface area contributed by atoms with Gasteiger partial charge in [0.15, 0.2) is 12.1 Å². The lowest BCUT2D eigenvalue weighted by atomic mass is 10.1. The van der Waals surface area contributed by atoms with Gasteiger partial charge in [0.25, 0.3) is 0 Å². The van der Waals surface area contributed by atoms with Crippen molar-refractivity contribution in [3.8, 4) is 0 Å². The minimum Gasteiger partial charge on any atom is -0.477 e. The van der Waals surface area contributed by atoms with Crippen LogP contribution in [0.25, 0.3) is 0 Å². The summed E-state index contributed by atoms with van der Waals surface area (Å²) in [5, 5.41) is 9.61. The molecule has 0 aromatic carbocycles. The Morgan fingerprint density at radius 1 is 0.527 bits per heavy atom. The van der Waals surface area contributed by atoms with E-state index in [1.54, 1.807) is 0 Å². The Kier molecular flexibility index (Phi) is 37.1. The van der Waals surface area contributed by atoms with Gasteiger partial charge in [-0.3, -0.25) is 9.59 Å². The average molecular weight is 779 g/mol. The summed E-state index contributed by atoms with van der Waals surface area (Å²) in [6.07, 6.45) is 42.3. The summed E-state index contributed by atoms with van der Waals surface area (Å²) >= 11 is 0. The number of esters is 2. The molecular formula is C47H88NO7+. The molecule has 0 aliphatic rings. The van der Waals surface area contributed by atoms with Gasteiger partial charge in [-0.1, -0.05) is 154 Å². The fraction of sp³-hybridized carbons (Fsp3) is 0.851. The zero-order chi connectivity index (χ0) is 40.7. The third kappa shape index (κ3) is 37.2. The van der Waals surface area contributed by atoms with Gasteiger partial charge in [0.1, 0.15) is 6.61 Å². The molecule has 2 unspecified atom stereocenters. The summed E-state index contributed by atoms with van der Waals surface area (Å²) < 4.78 is 17.2. The van der Waals surface area contributed by atoms with E-state index in [0.29, 0.717) is 19.3 Å². The number of carbonyl (C=O) groups is 3. The first kappa shape index (κ1) is 52.8. The summed E-state index contributed by atoms with van der Waals surface area (Å²) in [7, 11) is 5.52. The maximum Gasteiger partial charge on any atom is 0.362 e. The number of ether oxygens (including phenoxy) is 3. The Morgan fingerprint density at radius 3 is 1.36 bits per heavy atom. The molecule has 0 aliphatic heterocycles. The molecule has 0 bridgehead atoms. The van der Waals surface area contributed by atoms with Gasteiger partial charge >= 0.3 is 17.9 Å². The molecule has 1 N–H and O–H groups in total. The molecule has 55 heavy (non-hydrogen) atoms. The molecule has 2 atom stereocenters. The quantitative estimate of drug-likeness (QED) is 0.0285. The van der Waals surface area contributed by atoms with Crippen molar-refractivity contribution in [2.75, 3.05) is 41.0 Å². The predicted molar refractivity (Wildman–Crippen MR) is 229 cm³/mol. The Balaban J connectivity index is 4.24. The van der Waals surface area contributed by atoms with Crippen molar-refractivity contribution in [3.63, 3.8) is 0 Å². The molecule has 0 aliphatic carbocycles. The smallest absolute Gasteiger partial charge is 0.362 e. The molecule has 0 rings (SSSR count). The van der Waals surface area contributed by atoms with Crippen molar-refractivity contribution >= 4 is 17.9 Å². The number of carboxylic acid groups (broad SMARTS) is 1. The molecular weight excluding hydrogens is 691 g/mol. The molecule has 0 aromatic heterocycles. The zero-order valence-electron chi connectivity index (χ0n) is 36.6. The lowest BCUT2D eigenvalue weighted by molar-refractivity contribution is -0.887. The van der Waals surface area contributed by atoms with Crippen LogP contribution < -0.4 is 0 Å². The number of allylic oxidation sites excluding steroid dienone is 4. The Morgan fingerprint density at radius 2 is 0.927 bits per heavy atom. The molecule has 0 heterocycles. The van der Waals surface area contributed by atoms with Gasteiger partial charge in [-0.2, -0.15) is 0 Å². The van der Waals surface area contributed by atoms with Crippen LogP contribution in [0.4, 0.5) is 0 Å². The van der Waals surface area contributed by atoms with Gasteiger partial charge < -0.3 is 23.8 Å². The van der Waals surface area contributed by atoms with Gasteiger partial charge in [-0.15, -0.1) is 0 Å². The van der Waals surface area contributed by atoms with Crippen LogP contribution in [-0.2, 0) is 28.6 Å². The van der Waals surface area contributed by atoms with E-state index in [4.69, 9.17) is 14.2 Å². The Bertz CT molecular complexity index is 957. The van der Waals surface area contributed by atoms with E-state index in [-0.39, 0.29) is 36.2 Å². The van der Waals surface area contributed by atoms with Crippen molar-refractivity contribution in [3.05, 3.63) is 24.3 Å². The van der Waals surface area contributed by atoms with Gasteiger partial charge in [0, 0.05) is 19.3 Å². The lowest BCUT2D eigenvalue weighted by Gasteiger charge is -2.31. The number of carboxylic acids is 1. The molecule has 8 nitrogen and oxygen atoms in total. The topological polar surface area (TPSA) is 99.1 Å². The molecule has 0 amide bonds. The number of unbranched alkanes of at least 4 members (excludes halogenated alkanes) is 23. The Labute approximate surface area is 339 Å². The first-order chi connectivity index (χ1) is 26.6. The molecule has 0 fully saturated rings. The van der Waals surface area contributed by atoms with Crippen LogP contribution in [0.5, 0.6) is 0 Å². The van der Waals surface area contributed by atoms with E-state index in [0.717, 1.165) is 57.8 Å². The van der Waals surface area contributed by atoms with Crippen LogP contribution in [0.1, 0.15) is 206 Å². The van der Waals surface area contributed by atoms with Crippen molar-refractivity contribution in [2.45, 2.75) is 219 Å². The second-order valence-electron chi connectivity index (χ2n) is 16.7. The monoisotopic (exact) mass is 779 g/mol. The van der Waals surface area contributed by atoms with Crippen LogP contribution >= 0.6 is 0 Å². The first-order valence-electron chi connectivity index (χ1n) is 22.9. The molecule has 8 heteroatoms. The number of nitrogens with zero attached hydrogens (tertiary/aromatic N) is 1. The zero-order valence-corrected chi connectivity index (χ0v) is 36.6. The maximum absolute atomic E-state index is 12.7. The van der Waals surface area contributed by atoms with E-state index in [2.05, 4.69) is 38.2 Å². The highest BCUT2D eigenvalue weighted by atomic mass is 16.6. The number of rotatable bonds is 41. The summed E-state index contributed by atoms with van der Waals surface area (Å²) in [5.74, 6) is -1.48. The minimum absolute atomic E-state index is 0.0562. The number of hydrogen-bond donors (Lipinski definition) is 1. The van der Waals surface area contributed by atoms with Crippen LogP contribution in [0, 0.1) is 0 Å². The van der Waals surface area contributed by atoms with E-state index < -0.39 is 18.1 Å². The normalized spacial score (nSPS) is 13.1. The Hall–Kier alpha value is -2.19. The van der Waals surface area contributed by atoms with Crippen LogP contribution in [0.2, 0.25) is 0 Å². The summed E-state index contributed by atoms with van der Waals surface area (Å²) in [5.41, 5.74) is 0. The summed E-state index contributed by atoms with van der Waals surface area (Å²) in [6.45, 7) is 4.69. The number of hydrogen-bond acceptors (Lipinski definition) is 6. The standard InChI is InChI=1S/C47H87NO7/c1-6-8-10-12-14-16-18-19-20-21-22-23-24-25-26-27-28-30-32-34-36-38-46(50)55-43(41-53-40-39-44(47(51)52)48(3,4)5)42-54-45(49)37-35-33-31-29-17-15-13-11-9-7-2/h13,15,23-24,43-44H,6-12,14,16-22,25-42H2,1-5H3/p+1/b15-13+,24-23+. The fourth-order valence-electron chi connectivity index (χ4n) is 6.71.